The number of benzene rings is 1. The molecule has 2 amide bonds. The van der Waals surface area contributed by atoms with Crippen molar-refractivity contribution >= 4 is 23.2 Å². The number of fused-ring (bicyclic) bond motifs is 1. The monoisotopic (exact) mass is 289 g/mol. The summed E-state index contributed by atoms with van der Waals surface area (Å²) < 4.78 is 5.30. The van der Waals surface area contributed by atoms with Gasteiger partial charge in [0.1, 0.15) is 5.75 Å². The Morgan fingerprint density at radius 2 is 2.29 bits per heavy atom. The fourth-order valence-electron chi connectivity index (χ4n) is 2.69. The molecule has 1 aromatic carbocycles. The zero-order valence-corrected chi connectivity index (χ0v) is 12.0. The highest BCUT2D eigenvalue weighted by Crippen LogP contribution is 2.32. The van der Waals surface area contributed by atoms with Crippen LogP contribution >= 0.6 is 0 Å². The summed E-state index contributed by atoms with van der Waals surface area (Å²) in [5.41, 5.74) is 0.862. The Labute approximate surface area is 123 Å². The second-order valence-corrected chi connectivity index (χ2v) is 5.84. The maximum absolute atomic E-state index is 12.5. The van der Waals surface area contributed by atoms with E-state index >= 15 is 0 Å². The van der Waals surface area contributed by atoms with Gasteiger partial charge in [-0.1, -0.05) is 0 Å². The molecule has 6 heteroatoms. The van der Waals surface area contributed by atoms with Gasteiger partial charge in [-0.3, -0.25) is 9.59 Å². The number of hydrogen-bond donors (Lipinski definition) is 3. The zero-order valence-electron chi connectivity index (χ0n) is 12.0. The summed E-state index contributed by atoms with van der Waals surface area (Å²) in [5, 5.41) is 8.93. The van der Waals surface area contributed by atoms with Gasteiger partial charge >= 0.3 is 0 Å². The van der Waals surface area contributed by atoms with Gasteiger partial charge < -0.3 is 20.7 Å². The molecule has 6 nitrogen and oxygen atoms in total. The minimum atomic E-state index is -0.395. The average Bonchev–Trinajstić information content (AvgIpc) is 2.47. The van der Waals surface area contributed by atoms with Crippen LogP contribution in [0.25, 0.3) is 0 Å². The Hall–Kier alpha value is -2.08. The Bertz CT molecular complexity index is 580. The molecule has 0 radical (unpaired) electrons. The summed E-state index contributed by atoms with van der Waals surface area (Å²) in [6, 6.07) is 5.27. The topological polar surface area (TPSA) is 79.5 Å². The van der Waals surface area contributed by atoms with Gasteiger partial charge in [-0.05, 0) is 44.5 Å². The average molecular weight is 289 g/mol. The number of carbonyl (C=O) groups is 2. The van der Waals surface area contributed by atoms with Gasteiger partial charge in [-0.2, -0.15) is 0 Å². The molecule has 3 rings (SSSR count). The van der Waals surface area contributed by atoms with E-state index in [-0.39, 0.29) is 18.4 Å². The molecule has 3 N–H and O–H groups in total. The van der Waals surface area contributed by atoms with Gasteiger partial charge in [0, 0.05) is 12.2 Å². The predicted molar refractivity (Wildman–Crippen MR) is 79.4 cm³/mol. The highest BCUT2D eigenvalue weighted by Gasteiger charge is 2.34. The van der Waals surface area contributed by atoms with E-state index in [1.54, 1.807) is 18.2 Å². The molecule has 2 aliphatic rings. The first-order chi connectivity index (χ1) is 10.1. The molecule has 1 unspecified atom stereocenters. The third-order valence-electron chi connectivity index (χ3n) is 4.02. The molecule has 0 aliphatic carbocycles. The first-order valence-electron chi connectivity index (χ1n) is 7.16. The fourth-order valence-corrected chi connectivity index (χ4v) is 2.69. The predicted octanol–water partition coefficient (Wildman–Crippen LogP) is 1.35. The molecule has 0 spiro atoms. The number of ether oxygens (including phenoxy) is 1. The van der Waals surface area contributed by atoms with E-state index in [1.165, 1.54) is 0 Å². The molecule has 0 bridgehead atoms. The molecule has 2 aliphatic heterocycles. The molecular formula is C15H19N3O3. The van der Waals surface area contributed by atoms with Crippen LogP contribution in [0.1, 0.15) is 19.8 Å². The number of piperidine rings is 1. The summed E-state index contributed by atoms with van der Waals surface area (Å²) in [5.74, 6) is 0.435. The van der Waals surface area contributed by atoms with Crippen LogP contribution in [0.4, 0.5) is 11.4 Å². The number of carbonyl (C=O) groups excluding carboxylic acids is 2. The van der Waals surface area contributed by atoms with Gasteiger partial charge in [-0.15, -0.1) is 0 Å². The second kappa shape index (κ2) is 5.37. The fraction of sp³-hybridized carbons (Fsp3) is 0.467. The molecular weight excluding hydrogens is 270 g/mol. The smallest absolute Gasteiger partial charge is 0.262 e. The van der Waals surface area contributed by atoms with Crippen LogP contribution in [-0.4, -0.2) is 31.5 Å². The van der Waals surface area contributed by atoms with Crippen molar-refractivity contribution in [2.45, 2.75) is 19.8 Å². The first kappa shape index (κ1) is 13.9. The van der Waals surface area contributed by atoms with Crippen molar-refractivity contribution in [1.82, 2.24) is 5.32 Å². The van der Waals surface area contributed by atoms with Crippen molar-refractivity contribution in [2.75, 3.05) is 30.3 Å². The highest BCUT2D eigenvalue weighted by atomic mass is 16.5. The first-order valence-corrected chi connectivity index (χ1v) is 7.16. The van der Waals surface area contributed by atoms with Crippen molar-refractivity contribution in [3.05, 3.63) is 18.2 Å². The lowest BCUT2D eigenvalue weighted by Gasteiger charge is -2.32. The molecule has 1 fully saturated rings. The Balaban J connectivity index is 1.74. The van der Waals surface area contributed by atoms with Gasteiger partial charge in [0.2, 0.25) is 5.91 Å². The molecule has 21 heavy (non-hydrogen) atoms. The van der Waals surface area contributed by atoms with Crippen molar-refractivity contribution in [2.24, 2.45) is 5.41 Å². The lowest BCUT2D eigenvalue weighted by molar-refractivity contribution is -0.125. The summed E-state index contributed by atoms with van der Waals surface area (Å²) in [7, 11) is 0. The normalized spacial score (nSPS) is 24.5. The largest absolute Gasteiger partial charge is 0.482 e. The van der Waals surface area contributed by atoms with E-state index in [2.05, 4.69) is 16.0 Å². The molecule has 0 saturated carbocycles. The van der Waals surface area contributed by atoms with E-state index in [0.717, 1.165) is 19.4 Å². The summed E-state index contributed by atoms with van der Waals surface area (Å²) >= 11 is 0. The Kier molecular flexibility index (Phi) is 3.55. The summed E-state index contributed by atoms with van der Waals surface area (Å²) in [4.78, 5) is 23.8. The Morgan fingerprint density at radius 1 is 1.43 bits per heavy atom. The van der Waals surface area contributed by atoms with Crippen LogP contribution in [0.3, 0.4) is 0 Å². The van der Waals surface area contributed by atoms with E-state index in [9.17, 15) is 9.59 Å². The standard InChI is InChI=1S/C15H19N3O3/c1-15(5-2-6-16-9-15)14(20)17-10-3-4-12-11(7-10)18-13(19)8-21-12/h3-4,7,16H,2,5-6,8-9H2,1H3,(H,17,20)(H,18,19). The summed E-state index contributed by atoms with van der Waals surface area (Å²) in [6.07, 6.45) is 1.87. The maximum atomic E-state index is 12.5. The number of amides is 2. The number of hydrogen-bond acceptors (Lipinski definition) is 4. The van der Waals surface area contributed by atoms with E-state index in [4.69, 9.17) is 4.74 Å². The minimum Gasteiger partial charge on any atom is -0.482 e. The summed E-state index contributed by atoms with van der Waals surface area (Å²) in [6.45, 7) is 3.65. The third-order valence-corrected chi connectivity index (χ3v) is 4.02. The SMILES string of the molecule is CC1(C(=O)Nc2ccc3c(c2)NC(=O)CO3)CCCNC1. The highest BCUT2D eigenvalue weighted by molar-refractivity contribution is 5.99. The van der Waals surface area contributed by atoms with Crippen LogP contribution < -0.4 is 20.7 Å². The lowest BCUT2D eigenvalue weighted by Crippen LogP contribution is -2.46. The van der Waals surface area contributed by atoms with Crippen LogP contribution in [0, 0.1) is 5.41 Å². The van der Waals surface area contributed by atoms with E-state index in [0.29, 0.717) is 23.7 Å². The van der Waals surface area contributed by atoms with Gasteiger partial charge in [-0.25, -0.2) is 0 Å². The molecule has 112 valence electrons. The number of anilines is 2. The zero-order chi connectivity index (χ0) is 14.9. The molecule has 1 saturated heterocycles. The third kappa shape index (κ3) is 2.85. The van der Waals surface area contributed by atoms with Crippen LogP contribution in [-0.2, 0) is 9.59 Å². The number of rotatable bonds is 2. The molecule has 0 aromatic heterocycles. The molecule has 1 aromatic rings. The second-order valence-electron chi connectivity index (χ2n) is 5.84. The van der Waals surface area contributed by atoms with Gasteiger partial charge in [0.25, 0.3) is 5.91 Å². The van der Waals surface area contributed by atoms with Gasteiger partial charge in [0.05, 0.1) is 11.1 Å². The van der Waals surface area contributed by atoms with Crippen LogP contribution in [0.15, 0.2) is 18.2 Å². The quantitative estimate of drug-likeness (QED) is 0.768. The molecule has 2 heterocycles. The van der Waals surface area contributed by atoms with Crippen molar-refractivity contribution in [3.8, 4) is 5.75 Å². The van der Waals surface area contributed by atoms with Crippen LogP contribution in [0.5, 0.6) is 5.75 Å². The van der Waals surface area contributed by atoms with Crippen LogP contribution in [0.2, 0.25) is 0 Å². The van der Waals surface area contributed by atoms with E-state index in [1.807, 2.05) is 6.92 Å². The molecule has 1 atom stereocenters. The lowest BCUT2D eigenvalue weighted by atomic mass is 9.82. The van der Waals surface area contributed by atoms with Crippen molar-refractivity contribution in [3.63, 3.8) is 0 Å². The van der Waals surface area contributed by atoms with Crippen molar-refractivity contribution < 1.29 is 14.3 Å². The maximum Gasteiger partial charge on any atom is 0.262 e. The van der Waals surface area contributed by atoms with E-state index < -0.39 is 5.41 Å². The van der Waals surface area contributed by atoms with Crippen molar-refractivity contribution in [1.29, 1.82) is 0 Å². The van der Waals surface area contributed by atoms with Gasteiger partial charge in [0.15, 0.2) is 6.61 Å². The minimum absolute atomic E-state index is 0.00213. The number of nitrogens with one attached hydrogen (secondary N) is 3. The Morgan fingerprint density at radius 3 is 3.05 bits per heavy atom.